The topological polar surface area (TPSA) is 55.4 Å². The summed E-state index contributed by atoms with van der Waals surface area (Å²) in [7, 11) is 0. The van der Waals surface area contributed by atoms with Gasteiger partial charge >= 0.3 is 5.97 Å². The van der Waals surface area contributed by atoms with Crippen LogP contribution in [0.25, 0.3) is 0 Å². The summed E-state index contributed by atoms with van der Waals surface area (Å²) < 4.78 is 18.3. The van der Waals surface area contributed by atoms with E-state index in [1.807, 2.05) is 0 Å². The van der Waals surface area contributed by atoms with Gasteiger partial charge in [-0.25, -0.2) is 9.18 Å². The van der Waals surface area contributed by atoms with Gasteiger partial charge in [-0.05, 0) is 49.2 Å². The van der Waals surface area contributed by atoms with E-state index in [-0.39, 0.29) is 5.56 Å². The number of amides is 1. The van der Waals surface area contributed by atoms with Crippen LogP contribution < -0.4 is 5.32 Å². The first-order valence-electron chi connectivity index (χ1n) is 6.86. The van der Waals surface area contributed by atoms with Crippen LogP contribution in [-0.4, -0.2) is 18.5 Å². The van der Waals surface area contributed by atoms with E-state index in [1.165, 1.54) is 12.1 Å². The van der Waals surface area contributed by atoms with Crippen LogP contribution in [0, 0.1) is 19.7 Å². The SMILES string of the molecule is Cc1ccc(C(=O)OCC(=O)Nc2cccc(Cl)c2C)cc1F. The molecule has 0 atom stereocenters. The molecule has 6 heteroatoms. The Balaban J connectivity index is 1.94. The summed E-state index contributed by atoms with van der Waals surface area (Å²) in [5, 5.41) is 3.13. The molecular weight excluding hydrogens is 321 g/mol. The van der Waals surface area contributed by atoms with Crippen molar-refractivity contribution < 1.29 is 18.7 Å². The molecule has 23 heavy (non-hydrogen) atoms. The van der Waals surface area contributed by atoms with Crippen LogP contribution in [0.5, 0.6) is 0 Å². The van der Waals surface area contributed by atoms with Crippen LogP contribution in [0.1, 0.15) is 21.5 Å². The molecule has 0 spiro atoms. The number of halogens is 2. The summed E-state index contributed by atoms with van der Waals surface area (Å²) in [4.78, 5) is 23.6. The number of rotatable bonds is 4. The largest absolute Gasteiger partial charge is 0.452 e. The number of nitrogens with one attached hydrogen (secondary N) is 1. The second-order valence-electron chi connectivity index (χ2n) is 5.00. The lowest BCUT2D eigenvalue weighted by Crippen LogP contribution is -2.21. The van der Waals surface area contributed by atoms with E-state index in [9.17, 15) is 14.0 Å². The van der Waals surface area contributed by atoms with Gasteiger partial charge in [0.1, 0.15) is 5.82 Å². The number of anilines is 1. The third-order valence-corrected chi connectivity index (χ3v) is 3.69. The standard InChI is InChI=1S/C17H15ClFNO3/c1-10-6-7-12(8-14(10)19)17(22)23-9-16(21)20-15-5-3-4-13(18)11(15)2/h3-8H,9H2,1-2H3,(H,20,21). The predicted octanol–water partition coefficient (Wildman–Crippen LogP) is 3.89. The van der Waals surface area contributed by atoms with Crippen molar-refractivity contribution in [3.8, 4) is 0 Å². The average Bonchev–Trinajstić information content (AvgIpc) is 2.52. The summed E-state index contributed by atoms with van der Waals surface area (Å²) in [5.74, 6) is -1.77. The number of hydrogen-bond donors (Lipinski definition) is 1. The molecule has 0 heterocycles. The number of benzene rings is 2. The number of ether oxygens (including phenoxy) is 1. The molecule has 0 aliphatic rings. The monoisotopic (exact) mass is 335 g/mol. The van der Waals surface area contributed by atoms with Crippen LogP contribution in [0.15, 0.2) is 36.4 Å². The van der Waals surface area contributed by atoms with E-state index in [1.54, 1.807) is 32.0 Å². The fourth-order valence-electron chi connectivity index (χ4n) is 1.86. The van der Waals surface area contributed by atoms with Crippen LogP contribution in [0.2, 0.25) is 5.02 Å². The molecule has 1 amide bonds. The first-order valence-corrected chi connectivity index (χ1v) is 7.24. The number of carbonyl (C=O) groups excluding carboxylic acids is 2. The summed E-state index contributed by atoms with van der Waals surface area (Å²) in [6, 6.07) is 9.10. The smallest absolute Gasteiger partial charge is 0.338 e. The number of hydrogen-bond acceptors (Lipinski definition) is 3. The maximum atomic E-state index is 13.4. The molecule has 0 aliphatic carbocycles. The zero-order valence-electron chi connectivity index (χ0n) is 12.7. The molecule has 0 saturated heterocycles. The maximum absolute atomic E-state index is 13.4. The van der Waals surface area contributed by atoms with Gasteiger partial charge in [0.05, 0.1) is 5.56 Å². The third kappa shape index (κ3) is 4.29. The van der Waals surface area contributed by atoms with Crippen LogP contribution in [0.4, 0.5) is 10.1 Å². The molecular formula is C17H15ClFNO3. The van der Waals surface area contributed by atoms with E-state index in [0.717, 1.165) is 11.6 Å². The molecule has 0 bridgehead atoms. The molecule has 2 aromatic carbocycles. The van der Waals surface area contributed by atoms with Gasteiger partial charge in [0, 0.05) is 10.7 Å². The molecule has 120 valence electrons. The Labute approximate surface area is 138 Å². The minimum Gasteiger partial charge on any atom is -0.452 e. The molecule has 1 N–H and O–H groups in total. The number of aryl methyl sites for hydroxylation is 1. The van der Waals surface area contributed by atoms with Gasteiger partial charge in [0.2, 0.25) is 0 Å². The van der Waals surface area contributed by atoms with E-state index in [0.29, 0.717) is 16.3 Å². The van der Waals surface area contributed by atoms with Crippen molar-refractivity contribution in [3.05, 3.63) is 63.9 Å². The highest BCUT2D eigenvalue weighted by molar-refractivity contribution is 6.31. The van der Waals surface area contributed by atoms with Crippen molar-refractivity contribution in [1.29, 1.82) is 0 Å². The average molecular weight is 336 g/mol. The third-order valence-electron chi connectivity index (χ3n) is 3.28. The Morgan fingerprint density at radius 2 is 1.96 bits per heavy atom. The molecule has 2 rings (SSSR count). The quantitative estimate of drug-likeness (QED) is 0.862. The Morgan fingerprint density at radius 1 is 1.22 bits per heavy atom. The van der Waals surface area contributed by atoms with E-state index >= 15 is 0 Å². The normalized spacial score (nSPS) is 10.3. The van der Waals surface area contributed by atoms with E-state index in [2.05, 4.69) is 5.32 Å². The zero-order chi connectivity index (χ0) is 17.0. The number of carbonyl (C=O) groups is 2. The van der Waals surface area contributed by atoms with Gasteiger partial charge in [-0.15, -0.1) is 0 Å². The van der Waals surface area contributed by atoms with Crippen molar-refractivity contribution in [2.45, 2.75) is 13.8 Å². The minimum absolute atomic E-state index is 0.0554. The number of esters is 1. The highest BCUT2D eigenvalue weighted by atomic mass is 35.5. The Kier molecular flexibility index (Phi) is 5.34. The maximum Gasteiger partial charge on any atom is 0.338 e. The van der Waals surface area contributed by atoms with Crippen molar-refractivity contribution >= 4 is 29.2 Å². The Morgan fingerprint density at radius 3 is 2.65 bits per heavy atom. The predicted molar refractivity (Wildman–Crippen MR) is 86.2 cm³/mol. The molecule has 0 aliphatic heterocycles. The molecule has 2 aromatic rings. The molecule has 0 unspecified atom stereocenters. The van der Waals surface area contributed by atoms with Crippen molar-refractivity contribution in [1.82, 2.24) is 0 Å². The van der Waals surface area contributed by atoms with E-state index in [4.69, 9.17) is 16.3 Å². The molecule has 0 aromatic heterocycles. The van der Waals surface area contributed by atoms with Gasteiger partial charge < -0.3 is 10.1 Å². The second kappa shape index (κ2) is 7.24. The Bertz CT molecular complexity index is 761. The minimum atomic E-state index is -0.762. The summed E-state index contributed by atoms with van der Waals surface area (Å²) in [6.45, 7) is 2.88. The lowest BCUT2D eigenvalue weighted by molar-refractivity contribution is -0.119. The van der Waals surface area contributed by atoms with Gasteiger partial charge in [-0.3, -0.25) is 4.79 Å². The Hall–Kier alpha value is -2.40. The summed E-state index contributed by atoms with van der Waals surface area (Å²) >= 11 is 5.96. The summed E-state index contributed by atoms with van der Waals surface area (Å²) in [5.41, 5.74) is 1.74. The van der Waals surface area contributed by atoms with Gasteiger partial charge in [0.15, 0.2) is 6.61 Å². The molecule has 0 saturated carbocycles. The molecule has 0 radical (unpaired) electrons. The lowest BCUT2D eigenvalue weighted by atomic mass is 10.1. The van der Waals surface area contributed by atoms with Crippen molar-refractivity contribution in [2.75, 3.05) is 11.9 Å². The van der Waals surface area contributed by atoms with Crippen molar-refractivity contribution in [2.24, 2.45) is 0 Å². The first-order chi connectivity index (χ1) is 10.9. The highest BCUT2D eigenvalue weighted by Crippen LogP contribution is 2.22. The zero-order valence-corrected chi connectivity index (χ0v) is 13.4. The van der Waals surface area contributed by atoms with Gasteiger partial charge in [-0.2, -0.15) is 0 Å². The van der Waals surface area contributed by atoms with Gasteiger partial charge in [0.25, 0.3) is 5.91 Å². The highest BCUT2D eigenvalue weighted by Gasteiger charge is 2.13. The second-order valence-corrected chi connectivity index (χ2v) is 5.41. The van der Waals surface area contributed by atoms with Crippen LogP contribution in [0.3, 0.4) is 0 Å². The molecule has 4 nitrogen and oxygen atoms in total. The van der Waals surface area contributed by atoms with Crippen LogP contribution >= 0.6 is 11.6 Å². The molecule has 0 fully saturated rings. The first kappa shape index (κ1) is 17.0. The van der Waals surface area contributed by atoms with Crippen molar-refractivity contribution in [3.63, 3.8) is 0 Å². The van der Waals surface area contributed by atoms with Crippen LogP contribution in [-0.2, 0) is 9.53 Å². The fourth-order valence-corrected chi connectivity index (χ4v) is 2.04. The summed E-state index contributed by atoms with van der Waals surface area (Å²) in [6.07, 6.45) is 0. The van der Waals surface area contributed by atoms with E-state index < -0.39 is 24.3 Å². The fraction of sp³-hybridized carbons (Fsp3) is 0.176. The lowest BCUT2D eigenvalue weighted by Gasteiger charge is -2.10. The van der Waals surface area contributed by atoms with Gasteiger partial charge in [-0.1, -0.05) is 23.7 Å².